The highest BCUT2D eigenvalue weighted by Gasteiger charge is 2.29. The lowest BCUT2D eigenvalue weighted by Gasteiger charge is -2.14. The van der Waals surface area contributed by atoms with Crippen molar-refractivity contribution in [2.24, 2.45) is 0 Å². The minimum absolute atomic E-state index is 0.207. The number of aromatic amines is 1. The highest BCUT2D eigenvalue weighted by atomic mass is 19.3. The highest BCUT2D eigenvalue weighted by Crippen LogP contribution is 2.34. The summed E-state index contributed by atoms with van der Waals surface area (Å²) in [6.45, 7) is 0. The zero-order valence-corrected chi connectivity index (χ0v) is 9.02. The van der Waals surface area contributed by atoms with Crippen LogP contribution in [0.1, 0.15) is 5.56 Å². The van der Waals surface area contributed by atoms with Gasteiger partial charge in [0.1, 0.15) is 11.8 Å². The van der Waals surface area contributed by atoms with Crippen LogP contribution in [0.3, 0.4) is 0 Å². The van der Waals surface area contributed by atoms with Crippen LogP contribution in [0, 0.1) is 11.3 Å². The summed E-state index contributed by atoms with van der Waals surface area (Å²) in [5, 5.41) is 17.3. The number of ether oxygens (including phenoxy) is 1. The number of nitriles is 1. The van der Waals surface area contributed by atoms with Gasteiger partial charge in [0.25, 0.3) is 0 Å². The van der Waals surface area contributed by atoms with Crippen LogP contribution in [0.4, 0.5) is 8.78 Å². The summed E-state index contributed by atoms with van der Waals surface area (Å²) in [4.78, 5) is 2.71. The number of nitrogens with one attached hydrogen (secondary N) is 1. The van der Waals surface area contributed by atoms with Crippen molar-refractivity contribution in [3.8, 4) is 22.9 Å². The number of aromatic nitrogens is 1. The first-order valence-corrected chi connectivity index (χ1v) is 4.97. The molecule has 0 aliphatic carbocycles. The Hall–Kier alpha value is -2.39. The SMILES string of the molecule is N#Cc1c[nH]cc1-c1ccccc1OC(O)(F)F. The molecule has 0 spiro atoms. The molecule has 1 aromatic heterocycles. The van der Waals surface area contributed by atoms with Crippen molar-refractivity contribution in [2.75, 3.05) is 0 Å². The van der Waals surface area contributed by atoms with Gasteiger partial charge in [-0.3, -0.25) is 0 Å². The predicted octanol–water partition coefficient (Wildman–Crippen LogP) is 2.47. The van der Waals surface area contributed by atoms with Gasteiger partial charge in [-0.05, 0) is 6.07 Å². The van der Waals surface area contributed by atoms with Gasteiger partial charge >= 0.3 is 6.29 Å². The molecule has 92 valence electrons. The molecular weight excluding hydrogens is 242 g/mol. The van der Waals surface area contributed by atoms with E-state index in [2.05, 4.69) is 9.72 Å². The van der Waals surface area contributed by atoms with Gasteiger partial charge in [-0.15, -0.1) is 8.78 Å². The first-order valence-electron chi connectivity index (χ1n) is 4.97. The average Bonchev–Trinajstić information content (AvgIpc) is 2.75. The lowest BCUT2D eigenvalue weighted by Crippen LogP contribution is -2.23. The lowest BCUT2D eigenvalue weighted by atomic mass is 10.0. The third-order valence-corrected chi connectivity index (χ3v) is 2.28. The third-order valence-electron chi connectivity index (χ3n) is 2.28. The Balaban J connectivity index is 2.49. The largest absolute Gasteiger partial charge is 0.532 e. The number of benzene rings is 1. The minimum atomic E-state index is -4.26. The van der Waals surface area contributed by atoms with E-state index in [1.807, 2.05) is 6.07 Å². The Morgan fingerprint density at radius 3 is 2.61 bits per heavy atom. The second kappa shape index (κ2) is 4.47. The fourth-order valence-corrected chi connectivity index (χ4v) is 1.59. The molecule has 0 atom stereocenters. The van der Waals surface area contributed by atoms with Crippen LogP contribution >= 0.6 is 0 Å². The number of para-hydroxylation sites is 1. The fraction of sp³-hybridized carbons (Fsp3) is 0.0833. The summed E-state index contributed by atoms with van der Waals surface area (Å²) in [6, 6.07) is 7.84. The molecule has 0 saturated carbocycles. The molecule has 2 rings (SSSR count). The quantitative estimate of drug-likeness (QED) is 0.822. The second-order valence-electron chi connectivity index (χ2n) is 3.48. The zero-order chi connectivity index (χ0) is 13.2. The van der Waals surface area contributed by atoms with E-state index in [4.69, 9.17) is 10.4 Å². The predicted molar refractivity (Wildman–Crippen MR) is 58.7 cm³/mol. The number of rotatable bonds is 3. The van der Waals surface area contributed by atoms with E-state index in [0.717, 1.165) is 0 Å². The molecule has 4 nitrogen and oxygen atoms in total. The van der Waals surface area contributed by atoms with Crippen LogP contribution in [0.25, 0.3) is 11.1 Å². The Bertz CT molecular complexity index is 597. The number of alkyl halides is 2. The first-order chi connectivity index (χ1) is 8.51. The molecule has 0 saturated heterocycles. The van der Waals surface area contributed by atoms with Gasteiger partial charge in [-0.2, -0.15) is 5.26 Å². The number of hydrogen-bond donors (Lipinski definition) is 2. The number of aliphatic hydroxyl groups is 1. The van der Waals surface area contributed by atoms with Crippen molar-refractivity contribution in [2.45, 2.75) is 6.29 Å². The van der Waals surface area contributed by atoms with E-state index >= 15 is 0 Å². The van der Waals surface area contributed by atoms with Gasteiger partial charge < -0.3 is 14.8 Å². The Morgan fingerprint density at radius 2 is 1.94 bits per heavy atom. The molecule has 0 aliphatic heterocycles. The molecule has 1 aromatic carbocycles. The summed E-state index contributed by atoms with van der Waals surface area (Å²) < 4.78 is 29.1. The zero-order valence-electron chi connectivity index (χ0n) is 9.02. The normalized spacial score (nSPS) is 11.0. The molecule has 0 amide bonds. The van der Waals surface area contributed by atoms with E-state index in [0.29, 0.717) is 16.7 Å². The van der Waals surface area contributed by atoms with Gasteiger partial charge in [-0.1, -0.05) is 18.2 Å². The molecule has 1 heterocycles. The van der Waals surface area contributed by atoms with Gasteiger partial charge in [0.2, 0.25) is 0 Å². The van der Waals surface area contributed by atoms with Crippen molar-refractivity contribution >= 4 is 0 Å². The molecule has 0 radical (unpaired) electrons. The van der Waals surface area contributed by atoms with Crippen LogP contribution in [0.15, 0.2) is 36.7 Å². The van der Waals surface area contributed by atoms with Gasteiger partial charge in [0.05, 0.1) is 5.56 Å². The summed E-state index contributed by atoms with van der Waals surface area (Å²) in [7, 11) is 0. The molecule has 18 heavy (non-hydrogen) atoms. The van der Waals surface area contributed by atoms with Gasteiger partial charge in [0.15, 0.2) is 0 Å². The van der Waals surface area contributed by atoms with Crippen molar-refractivity contribution in [1.82, 2.24) is 4.98 Å². The summed E-state index contributed by atoms with van der Waals surface area (Å²) >= 11 is 0. The number of nitrogens with zero attached hydrogens (tertiary/aromatic N) is 1. The molecule has 0 fully saturated rings. The lowest BCUT2D eigenvalue weighted by molar-refractivity contribution is -0.327. The minimum Gasteiger partial charge on any atom is -0.409 e. The van der Waals surface area contributed by atoms with E-state index in [1.165, 1.54) is 30.6 Å². The van der Waals surface area contributed by atoms with Crippen LogP contribution in [-0.2, 0) is 0 Å². The maximum atomic E-state index is 12.5. The summed E-state index contributed by atoms with van der Waals surface area (Å²) in [5.41, 5.74) is 1.02. The van der Waals surface area contributed by atoms with Crippen LogP contribution in [0.5, 0.6) is 5.75 Å². The molecule has 2 aromatic rings. The number of H-pyrrole nitrogens is 1. The smallest absolute Gasteiger partial charge is 0.409 e. The Labute approximate surface area is 101 Å². The van der Waals surface area contributed by atoms with E-state index in [-0.39, 0.29) is 5.75 Å². The standard InChI is InChI=1S/C12H8F2N2O2/c13-12(14,17)18-11-4-2-1-3-9(11)10-7-16-6-8(10)5-15/h1-4,6-7,16-17H. The fourth-order valence-electron chi connectivity index (χ4n) is 1.59. The number of halogens is 2. The van der Waals surface area contributed by atoms with E-state index in [1.54, 1.807) is 6.07 Å². The van der Waals surface area contributed by atoms with Crippen LogP contribution < -0.4 is 4.74 Å². The maximum Gasteiger partial charge on any atom is 0.532 e. The maximum absolute atomic E-state index is 12.5. The van der Waals surface area contributed by atoms with Gasteiger partial charge in [0, 0.05) is 23.5 Å². The second-order valence-corrected chi connectivity index (χ2v) is 3.48. The average molecular weight is 250 g/mol. The summed E-state index contributed by atoms with van der Waals surface area (Å²) in [5.74, 6) is -0.207. The topological polar surface area (TPSA) is 69.0 Å². The van der Waals surface area contributed by atoms with Crippen molar-refractivity contribution < 1.29 is 18.6 Å². The Kier molecular flexibility index (Phi) is 3.00. The Morgan fingerprint density at radius 1 is 1.22 bits per heavy atom. The molecule has 2 N–H and O–H groups in total. The third kappa shape index (κ3) is 2.47. The van der Waals surface area contributed by atoms with Crippen molar-refractivity contribution in [1.29, 1.82) is 5.26 Å². The summed E-state index contributed by atoms with van der Waals surface area (Å²) in [6.07, 6.45) is -1.32. The molecular formula is C12H8F2N2O2. The highest BCUT2D eigenvalue weighted by molar-refractivity contribution is 5.75. The molecule has 6 heteroatoms. The molecule has 0 unspecified atom stereocenters. The van der Waals surface area contributed by atoms with E-state index in [9.17, 15) is 8.78 Å². The van der Waals surface area contributed by atoms with Crippen LogP contribution in [-0.4, -0.2) is 16.4 Å². The van der Waals surface area contributed by atoms with E-state index < -0.39 is 6.29 Å². The molecule has 0 aliphatic rings. The van der Waals surface area contributed by atoms with Crippen molar-refractivity contribution in [3.05, 3.63) is 42.2 Å². The monoisotopic (exact) mass is 250 g/mol. The molecule has 0 bridgehead atoms. The number of hydrogen-bond acceptors (Lipinski definition) is 3. The van der Waals surface area contributed by atoms with Gasteiger partial charge in [-0.25, -0.2) is 0 Å². The van der Waals surface area contributed by atoms with Crippen LogP contribution in [0.2, 0.25) is 0 Å². The van der Waals surface area contributed by atoms with Crippen molar-refractivity contribution in [3.63, 3.8) is 0 Å². The first kappa shape index (κ1) is 12.1.